The minimum Gasteiger partial charge on any atom is -0.497 e. The molecule has 0 amide bonds. The number of carbonyl (C=O) groups is 1. The molecule has 4 rings (SSSR count). The number of ketones is 1. The maximum absolute atomic E-state index is 13.5. The fourth-order valence-corrected chi connectivity index (χ4v) is 4.22. The van der Waals surface area contributed by atoms with Gasteiger partial charge in [-0.1, -0.05) is 54.6 Å². The average molecular weight is 436 g/mol. The largest absolute Gasteiger partial charge is 0.497 e. The molecule has 1 aliphatic rings. The van der Waals surface area contributed by atoms with E-state index >= 15 is 0 Å². The highest BCUT2D eigenvalue weighted by Gasteiger charge is 2.41. The number of nitriles is 1. The van der Waals surface area contributed by atoms with Crippen LogP contribution in [0, 0.1) is 11.3 Å². The second kappa shape index (κ2) is 9.58. The van der Waals surface area contributed by atoms with E-state index in [0.717, 1.165) is 28.2 Å². The molecular formula is C29H25NO3. The number of benzene rings is 3. The zero-order valence-electron chi connectivity index (χ0n) is 18.7. The van der Waals surface area contributed by atoms with Crippen LogP contribution >= 0.6 is 0 Å². The number of methoxy groups -OCH3 is 2. The lowest BCUT2D eigenvalue weighted by Gasteiger charge is -2.33. The highest BCUT2D eigenvalue weighted by Crippen LogP contribution is 2.43. The summed E-state index contributed by atoms with van der Waals surface area (Å²) < 4.78 is 10.5. The maximum Gasteiger partial charge on any atom is 0.185 e. The predicted octanol–water partition coefficient (Wildman–Crippen LogP) is 6.00. The zero-order valence-corrected chi connectivity index (χ0v) is 18.7. The Hall–Kier alpha value is -4.10. The van der Waals surface area contributed by atoms with Gasteiger partial charge < -0.3 is 9.47 Å². The number of hydrogen-bond donors (Lipinski definition) is 0. The fourth-order valence-electron chi connectivity index (χ4n) is 4.22. The third-order valence-corrected chi connectivity index (χ3v) is 6.02. The SMILES string of the molecule is COc1ccc(/C=C2\CC(C#N)(c3ccccc3)C/C(=C\c3ccc(OC)cc3)C2=O)cc1. The van der Waals surface area contributed by atoms with Crippen LogP contribution in [0.4, 0.5) is 0 Å². The Morgan fingerprint density at radius 1 is 0.758 bits per heavy atom. The second-order valence-corrected chi connectivity index (χ2v) is 8.13. The van der Waals surface area contributed by atoms with E-state index in [9.17, 15) is 10.1 Å². The summed E-state index contributed by atoms with van der Waals surface area (Å²) in [5.74, 6) is 1.48. The Morgan fingerprint density at radius 3 is 1.61 bits per heavy atom. The van der Waals surface area contributed by atoms with Crippen molar-refractivity contribution in [2.75, 3.05) is 14.2 Å². The molecule has 0 unspecified atom stereocenters. The van der Waals surface area contributed by atoms with E-state index in [2.05, 4.69) is 6.07 Å². The molecule has 0 saturated heterocycles. The van der Waals surface area contributed by atoms with Gasteiger partial charge in [-0.05, 0) is 65.9 Å². The molecule has 3 aromatic rings. The van der Waals surface area contributed by atoms with Crippen LogP contribution in [0.15, 0.2) is 90.0 Å². The van der Waals surface area contributed by atoms with Crippen molar-refractivity contribution in [2.45, 2.75) is 18.3 Å². The van der Waals surface area contributed by atoms with E-state index in [-0.39, 0.29) is 5.78 Å². The van der Waals surface area contributed by atoms with E-state index in [1.165, 1.54) is 0 Å². The lowest BCUT2D eigenvalue weighted by molar-refractivity contribution is -0.113. The summed E-state index contributed by atoms with van der Waals surface area (Å²) in [5, 5.41) is 10.3. The normalized spacial score (nSPS) is 20.5. The molecular weight excluding hydrogens is 410 g/mol. The maximum atomic E-state index is 13.5. The van der Waals surface area contributed by atoms with Crippen LogP contribution in [0.2, 0.25) is 0 Å². The first-order valence-electron chi connectivity index (χ1n) is 10.8. The van der Waals surface area contributed by atoms with E-state index < -0.39 is 5.41 Å². The minimum atomic E-state index is -0.814. The fraction of sp³-hybridized carbons (Fsp3) is 0.172. The molecule has 33 heavy (non-hydrogen) atoms. The molecule has 3 aromatic carbocycles. The molecule has 4 nitrogen and oxygen atoms in total. The summed E-state index contributed by atoms with van der Waals surface area (Å²) in [6.07, 6.45) is 4.49. The summed E-state index contributed by atoms with van der Waals surface area (Å²) in [7, 11) is 3.24. The number of hydrogen-bond acceptors (Lipinski definition) is 4. The molecule has 0 bridgehead atoms. The molecule has 0 N–H and O–H groups in total. The standard InChI is InChI=1S/C29H25NO3/c1-32-26-12-8-21(9-13-26)16-23-18-29(20-30,25-6-4-3-5-7-25)19-24(28(23)31)17-22-10-14-27(33-2)15-11-22/h3-17H,18-19H2,1-2H3/b23-16+,24-17+. The second-order valence-electron chi connectivity index (χ2n) is 8.13. The lowest BCUT2D eigenvalue weighted by atomic mass is 9.66. The molecule has 0 aliphatic heterocycles. The van der Waals surface area contributed by atoms with Gasteiger partial charge in [-0.2, -0.15) is 5.26 Å². The van der Waals surface area contributed by atoms with Crippen LogP contribution in [0.5, 0.6) is 11.5 Å². The number of rotatable bonds is 5. The van der Waals surface area contributed by atoms with Gasteiger partial charge in [0.15, 0.2) is 5.78 Å². The topological polar surface area (TPSA) is 59.3 Å². The van der Waals surface area contributed by atoms with Crippen molar-refractivity contribution in [3.05, 3.63) is 107 Å². The lowest BCUT2D eigenvalue weighted by Crippen LogP contribution is -2.33. The van der Waals surface area contributed by atoms with Crippen LogP contribution in [-0.2, 0) is 10.2 Å². The van der Waals surface area contributed by atoms with Crippen molar-refractivity contribution in [2.24, 2.45) is 0 Å². The Kier molecular flexibility index (Phi) is 6.42. The van der Waals surface area contributed by atoms with Gasteiger partial charge in [-0.25, -0.2) is 0 Å². The first kappa shape index (κ1) is 22.1. The molecule has 1 saturated carbocycles. The van der Waals surface area contributed by atoms with E-state index in [1.807, 2.05) is 91.0 Å². The molecule has 4 heteroatoms. The quantitative estimate of drug-likeness (QED) is 0.462. The van der Waals surface area contributed by atoms with Crippen molar-refractivity contribution >= 4 is 17.9 Å². The van der Waals surface area contributed by atoms with Crippen molar-refractivity contribution in [1.29, 1.82) is 5.26 Å². The molecule has 0 radical (unpaired) electrons. The van der Waals surface area contributed by atoms with Crippen LogP contribution in [0.3, 0.4) is 0 Å². The molecule has 0 spiro atoms. The average Bonchev–Trinajstić information content (AvgIpc) is 2.88. The first-order chi connectivity index (χ1) is 16.1. The van der Waals surface area contributed by atoms with Gasteiger partial charge in [-0.3, -0.25) is 4.79 Å². The molecule has 0 heterocycles. The Labute approximate surface area is 194 Å². The highest BCUT2D eigenvalue weighted by molar-refractivity contribution is 6.14. The van der Waals surface area contributed by atoms with Gasteiger partial charge in [0.25, 0.3) is 0 Å². The van der Waals surface area contributed by atoms with Gasteiger partial charge in [0.1, 0.15) is 11.5 Å². The van der Waals surface area contributed by atoms with E-state index in [1.54, 1.807) is 14.2 Å². The van der Waals surface area contributed by atoms with Gasteiger partial charge in [0, 0.05) is 11.1 Å². The van der Waals surface area contributed by atoms with Crippen molar-refractivity contribution < 1.29 is 14.3 Å². The van der Waals surface area contributed by atoms with Gasteiger partial charge in [0.05, 0.1) is 25.7 Å². The van der Waals surface area contributed by atoms with Gasteiger partial charge in [0.2, 0.25) is 0 Å². The predicted molar refractivity (Wildman–Crippen MR) is 130 cm³/mol. The van der Waals surface area contributed by atoms with Crippen LogP contribution in [0.25, 0.3) is 12.2 Å². The highest BCUT2D eigenvalue weighted by atomic mass is 16.5. The molecule has 1 aliphatic carbocycles. The number of Topliss-reactive ketones (excluding diaryl/α,β-unsaturated/α-hetero) is 1. The summed E-state index contributed by atoms with van der Waals surface area (Å²) in [4.78, 5) is 13.5. The van der Waals surface area contributed by atoms with E-state index in [4.69, 9.17) is 9.47 Å². The Bertz CT molecular complexity index is 1160. The number of allylic oxidation sites excluding steroid dienone is 2. The summed E-state index contributed by atoms with van der Waals surface area (Å²) in [6, 6.07) is 27.4. The first-order valence-corrected chi connectivity index (χ1v) is 10.8. The van der Waals surface area contributed by atoms with Crippen molar-refractivity contribution in [1.82, 2.24) is 0 Å². The van der Waals surface area contributed by atoms with Crippen LogP contribution in [-0.4, -0.2) is 20.0 Å². The Morgan fingerprint density at radius 2 is 1.21 bits per heavy atom. The summed E-state index contributed by atoms with van der Waals surface area (Å²) in [5.41, 5.74) is 3.13. The minimum absolute atomic E-state index is 0.0246. The molecule has 0 aromatic heterocycles. The van der Waals surface area contributed by atoms with Gasteiger partial charge >= 0.3 is 0 Å². The summed E-state index contributed by atoms with van der Waals surface area (Å²) >= 11 is 0. The smallest absolute Gasteiger partial charge is 0.185 e. The van der Waals surface area contributed by atoms with E-state index in [0.29, 0.717) is 24.0 Å². The van der Waals surface area contributed by atoms with Crippen molar-refractivity contribution in [3.8, 4) is 17.6 Å². The molecule has 1 fully saturated rings. The molecule has 164 valence electrons. The number of ether oxygens (including phenoxy) is 2. The van der Waals surface area contributed by atoms with Crippen LogP contribution < -0.4 is 9.47 Å². The Balaban J connectivity index is 1.80. The van der Waals surface area contributed by atoms with Crippen molar-refractivity contribution in [3.63, 3.8) is 0 Å². The number of carbonyl (C=O) groups excluding carboxylic acids is 1. The third kappa shape index (κ3) is 4.73. The summed E-state index contributed by atoms with van der Waals surface area (Å²) in [6.45, 7) is 0. The van der Waals surface area contributed by atoms with Gasteiger partial charge in [-0.15, -0.1) is 0 Å². The number of nitrogens with zero attached hydrogens (tertiary/aromatic N) is 1. The zero-order chi connectivity index (χ0) is 23.3. The van der Waals surface area contributed by atoms with Crippen LogP contribution in [0.1, 0.15) is 29.5 Å². The molecule has 0 atom stereocenters. The third-order valence-electron chi connectivity index (χ3n) is 6.02. The monoisotopic (exact) mass is 435 g/mol.